The van der Waals surface area contributed by atoms with E-state index >= 15 is 0 Å². The standard InChI is InChI=1S/C20H18N4O3S/c1-12-7-9-14(10-8-12)24-13(2)18(26)23(20(24)27)11-17(25)22-19-21-15-5-3-4-6-16(15)28-19/h3-10,13H,11H2,1-2H3,(H,21,22,25)/t13-/m0/s1. The fraction of sp³-hybridized carbons (Fsp3) is 0.200. The fourth-order valence-corrected chi connectivity index (χ4v) is 4.02. The normalized spacial score (nSPS) is 16.9. The molecule has 0 aliphatic carbocycles. The van der Waals surface area contributed by atoms with Gasteiger partial charge in [0.15, 0.2) is 5.13 Å². The Bertz CT molecular complexity index is 1040. The van der Waals surface area contributed by atoms with Gasteiger partial charge in [-0.15, -0.1) is 0 Å². The van der Waals surface area contributed by atoms with Crippen LogP contribution in [-0.2, 0) is 9.59 Å². The van der Waals surface area contributed by atoms with Crippen molar-refractivity contribution in [3.63, 3.8) is 0 Å². The summed E-state index contributed by atoms with van der Waals surface area (Å²) < 4.78 is 0.949. The Morgan fingerprint density at radius 2 is 1.86 bits per heavy atom. The number of carbonyl (C=O) groups is 3. The first-order valence-corrected chi connectivity index (χ1v) is 9.62. The highest BCUT2D eigenvalue weighted by Gasteiger charge is 2.44. The van der Waals surface area contributed by atoms with E-state index in [1.165, 1.54) is 16.2 Å². The van der Waals surface area contributed by atoms with Gasteiger partial charge in [-0.3, -0.25) is 19.4 Å². The molecule has 1 N–H and O–H groups in total. The van der Waals surface area contributed by atoms with Crippen LogP contribution in [0.3, 0.4) is 0 Å². The molecule has 1 aliphatic heterocycles. The van der Waals surface area contributed by atoms with Gasteiger partial charge in [-0.2, -0.15) is 0 Å². The van der Waals surface area contributed by atoms with Crippen LogP contribution in [-0.4, -0.2) is 40.3 Å². The van der Waals surface area contributed by atoms with E-state index in [-0.39, 0.29) is 6.54 Å². The summed E-state index contributed by atoms with van der Waals surface area (Å²) in [5.41, 5.74) is 2.47. The summed E-state index contributed by atoms with van der Waals surface area (Å²) in [6, 6.07) is 13.7. The summed E-state index contributed by atoms with van der Waals surface area (Å²) in [5.74, 6) is -0.858. The first-order chi connectivity index (χ1) is 13.4. The summed E-state index contributed by atoms with van der Waals surface area (Å²) >= 11 is 1.34. The number of para-hydroxylation sites is 1. The highest BCUT2D eigenvalue weighted by molar-refractivity contribution is 7.22. The molecule has 2 heterocycles. The van der Waals surface area contributed by atoms with Gasteiger partial charge < -0.3 is 5.32 Å². The Balaban J connectivity index is 1.49. The molecule has 1 aromatic heterocycles. The van der Waals surface area contributed by atoms with Crippen molar-refractivity contribution in [1.82, 2.24) is 9.88 Å². The van der Waals surface area contributed by atoms with Gasteiger partial charge in [-0.05, 0) is 38.1 Å². The van der Waals surface area contributed by atoms with Crippen molar-refractivity contribution in [3.05, 3.63) is 54.1 Å². The Kier molecular flexibility index (Phi) is 4.56. The molecule has 1 fully saturated rings. The molecule has 0 unspecified atom stereocenters. The molecule has 1 aliphatic rings. The third-order valence-corrected chi connectivity index (χ3v) is 5.55. The lowest BCUT2D eigenvalue weighted by Gasteiger charge is -2.19. The lowest BCUT2D eigenvalue weighted by atomic mass is 10.2. The number of rotatable bonds is 4. The van der Waals surface area contributed by atoms with Crippen LogP contribution in [0, 0.1) is 6.92 Å². The Labute approximate surface area is 165 Å². The summed E-state index contributed by atoms with van der Waals surface area (Å²) in [6.07, 6.45) is 0. The zero-order chi connectivity index (χ0) is 19.8. The third-order valence-electron chi connectivity index (χ3n) is 4.60. The van der Waals surface area contributed by atoms with Gasteiger partial charge in [0.25, 0.3) is 5.91 Å². The molecule has 2 aromatic carbocycles. The second-order valence-electron chi connectivity index (χ2n) is 6.62. The average Bonchev–Trinajstić information content (AvgIpc) is 3.17. The summed E-state index contributed by atoms with van der Waals surface area (Å²) in [6.45, 7) is 3.26. The van der Waals surface area contributed by atoms with E-state index in [4.69, 9.17) is 0 Å². The van der Waals surface area contributed by atoms with Crippen molar-refractivity contribution < 1.29 is 14.4 Å². The Hall–Kier alpha value is -3.26. The van der Waals surface area contributed by atoms with Crippen molar-refractivity contribution in [2.24, 2.45) is 0 Å². The molecule has 0 bridgehead atoms. The van der Waals surface area contributed by atoms with E-state index in [1.807, 2.05) is 43.3 Å². The van der Waals surface area contributed by atoms with Gasteiger partial charge in [0.05, 0.1) is 10.2 Å². The number of benzene rings is 2. The third kappa shape index (κ3) is 3.22. The molecule has 1 atom stereocenters. The van der Waals surface area contributed by atoms with E-state index in [9.17, 15) is 14.4 Å². The molecule has 7 nitrogen and oxygen atoms in total. The van der Waals surface area contributed by atoms with E-state index < -0.39 is 23.9 Å². The van der Waals surface area contributed by atoms with Crippen LogP contribution in [0.2, 0.25) is 0 Å². The maximum atomic E-state index is 12.8. The van der Waals surface area contributed by atoms with E-state index in [1.54, 1.807) is 19.1 Å². The highest BCUT2D eigenvalue weighted by Crippen LogP contribution is 2.27. The predicted molar refractivity (Wildman–Crippen MR) is 108 cm³/mol. The SMILES string of the molecule is Cc1ccc(N2C(=O)N(CC(=O)Nc3nc4ccccc4s3)C(=O)[C@@H]2C)cc1. The molecule has 3 aromatic rings. The number of hydrogen-bond acceptors (Lipinski definition) is 5. The zero-order valence-corrected chi connectivity index (χ0v) is 16.2. The Morgan fingerprint density at radius 3 is 2.57 bits per heavy atom. The van der Waals surface area contributed by atoms with E-state index in [2.05, 4.69) is 10.3 Å². The van der Waals surface area contributed by atoms with Crippen LogP contribution < -0.4 is 10.2 Å². The minimum Gasteiger partial charge on any atom is -0.300 e. The zero-order valence-electron chi connectivity index (χ0n) is 15.4. The van der Waals surface area contributed by atoms with Crippen LogP contribution in [0.1, 0.15) is 12.5 Å². The number of anilines is 2. The molecule has 28 heavy (non-hydrogen) atoms. The van der Waals surface area contributed by atoms with E-state index in [0.29, 0.717) is 10.8 Å². The fourth-order valence-electron chi connectivity index (χ4n) is 3.14. The second-order valence-corrected chi connectivity index (χ2v) is 7.65. The first-order valence-electron chi connectivity index (χ1n) is 8.80. The summed E-state index contributed by atoms with van der Waals surface area (Å²) in [7, 11) is 0. The largest absolute Gasteiger partial charge is 0.332 e. The number of thiazole rings is 1. The van der Waals surface area contributed by atoms with Gasteiger partial charge >= 0.3 is 6.03 Å². The first kappa shape index (κ1) is 18.1. The monoisotopic (exact) mass is 394 g/mol. The summed E-state index contributed by atoms with van der Waals surface area (Å²) in [4.78, 5) is 44.5. The number of aryl methyl sites for hydroxylation is 1. The molecular weight excluding hydrogens is 376 g/mol. The predicted octanol–water partition coefficient (Wildman–Crippen LogP) is 3.40. The number of aromatic nitrogens is 1. The molecular formula is C20H18N4O3S. The number of amides is 4. The molecule has 0 spiro atoms. The topological polar surface area (TPSA) is 82.6 Å². The molecule has 4 rings (SSSR count). The van der Waals surface area contributed by atoms with Crippen molar-refractivity contribution >= 4 is 50.2 Å². The molecule has 1 saturated heterocycles. The molecule has 4 amide bonds. The quantitative estimate of drug-likeness (QED) is 0.688. The van der Waals surface area contributed by atoms with Gasteiger partial charge in [-0.1, -0.05) is 41.2 Å². The minimum absolute atomic E-state index is 0.347. The number of urea groups is 1. The van der Waals surface area contributed by atoms with Crippen molar-refractivity contribution in [2.45, 2.75) is 19.9 Å². The Morgan fingerprint density at radius 1 is 1.14 bits per heavy atom. The molecule has 142 valence electrons. The molecule has 8 heteroatoms. The number of hydrogen-bond donors (Lipinski definition) is 1. The number of carbonyl (C=O) groups excluding carboxylic acids is 3. The van der Waals surface area contributed by atoms with Gasteiger partial charge in [0, 0.05) is 5.69 Å². The van der Waals surface area contributed by atoms with Gasteiger partial charge in [-0.25, -0.2) is 9.78 Å². The lowest BCUT2D eigenvalue weighted by molar-refractivity contribution is -0.130. The lowest BCUT2D eigenvalue weighted by Crippen LogP contribution is -2.39. The highest BCUT2D eigenvalue weighted by atomic mass is 32.1. The summed E-state index contributed by atoms with van der Waals surface area (Å²) in [5, 5.41) is 3.12. The van der Waals surface area contributed by atoms with Crippen molar-refractivity contribution in [3.8, 4) is 0 Å². The van der Waals surface area contributed by atoms with Gasteiger partial charge in [0.2, 0.25) is 5.91 Å². The van der Waals surface area contributed by atoms with Crippen LogP contribution in [0.4, 0.5) is 15.6 Å². The number of nitrogens with zero attached hydrogens (tertiary/aromatic N) is 3. The average molecular weight is 394 g/mol. The minimum atomic E-state index is -0.662. The van der Waals surface area contributed by atoms with Crippen molar-refractivity contribution in [2.75, 3.05) is 16.8 Å². The van der Waals surface area contributed by atoms with Crippen LogP contribution in [0.5, 0.6) is 0 Å². The number of fused-ring (bicyclic) bond motifs is 1. The van der Waals surface area contributed by atoms with Crippen molar-refractivity contribution in [1.29, 1.82) is 0 Å². The number of nitrogens with one attached hydrogen (secondary N) is 1. The van der Waals surface area contributed by atoms with Gasteiger partial charge in [0.1, 0.15) is 12.6 Å². The molecule has 0 radical (unpaired) electrons. The van der Waals surface area contributed by atoms with E-state index in [0.717, 1.165) is 20.7 Å². The molecule has 0 saturated carbocycles. The van der Waals surface area contributed by atoms with Crippen LogP contribution >= 0.6 is 11.3 Å². The maximum absolute atomic E-state index is 12.8. The maximum Gasteiger partial charge on any atom is 0.332 e. The smallest absolute Gasteiger partial charge is 0.300 e. The second kappa shape index (κ2) is 7.05. The van der Waals surface area contributed by atoms with Crippen LogP contribution in [0.25, 0.3) is 10.2 Å². The number of imide groups is 1. The van der Waals surface area contributed by atoms with Crippen LogP contribution in [0.15, 0.2) is 48.5 Å².